The fourth-order valence-corrected chi connectivity index (χ4v) is 1.97. The molecule has 0 fully saturated rings. The van der Waals surface area contributed by atoms with E-state index in [1.807, 2.05) is 0 Å². The molecule has 11 heteroatoms. The summed E-state index contributed by atoms with van der Waals surface area (Å²) in [5, 5.41) is 2.10. The number of halogens is 3. The van der Waals surface area contributed by atoms with E-state index in [1.54, 1.807) is 57.7 Å². The highest BCUT2D eigenvalue weighted by atomic mass is 35.5. The first-order chi connectivity index (χ1) is 14.8. The van der Waals surface area contributed by atoms with Crippen molar-refractivity contribution in [1.82, 2.24) is 0 Å². The van der Waals surface area contributed by atoms with Gasteiger partial charge in [-0.3, -0.25) is 9.59 Å². The number of rotatable bonds is 7. The minimum Gasteiger partial charge on any atom is -0.497 e. The number of alkyl halides is 2. The summed E-state index contributed by atoms with van der Waals surface area (Å²) >= 11 is 14.9. The Bertz CT molecular complexity index is 837. The Kier molecular flexibility index (Phi) is 14.9. The van der Waals surface area contributed by atoms with Gasteiger partial charge in [0.25, 0.3) is 0 Å². The molecule has 8 nitrogen and oxygen atoms in total. The van der Waals surface area contributed by atoms with Crippen LogP contribution >= 0.6 is 34.8 Å². The fourth-order valence-electron chi connectivity index (χ4n) is 1.90. The van der Waals surface area contributed by atoms with Crippen molar-refractivity contribution in [2.45, 2.75) is 0 Å². The smallest absolute Gasteiger partial charge is 0.239 e. The first-order valence-electron chi connectivity index (χ1n) is 8.55. The highest BCUT2D eigenvalue weighted by Crippen LogP contribution is 2.29. The molecule has 0 aliphatic carbocycles. The number of amides is 1. The Morgan fingerprint density at radius 1 is 0.839 bits per heavy atom. The highest BCUT2D eigenvalue weighted by molar-refractivity contribution is 6.67. The summed E-state index contributed by atoms with van der Waals surface area (Å²) in [6.45, 7) is 0. The van der Waals surface area contributed by atoms with Gasteiger partial charge in [0.05, 0.1) is 45.7 Å². The highest BCUT2D eigenvalue weighted by Gasteiger charge is 2.07. The van der Waals surface area contributed by atoms with Gasteiger partial charge in [0.15, 0.2) is 0 Å². The van der Waals surface area contributed by atoms with Gasteiger partial charge in [-0.25, -0.2) is 0 Å². The third-order valence-corrected chi connectivity index (χ3v) is 4.11. The summed E-state index contributed by atoms with van der Waals surface area (Å²) in [6, 6.07) is 10.4. The number of methoxy groups -OCH3 is 4. The lowest BCUT2D eigenvalue weighted by Crippen LogP contribution is -2.13. The van der Waals surface area contributed by atoms with Crippen molar-refractivity contribution in [3.63, 3.8) is 0 Å². The van der Waals surface area contributed by atoms with Crippen LogP contribution in [0.15, 0.2) is 36.4 Å². The van der Waals surface area contributed by atoms with Crippen molar-refractivity contribution in [2.75, 3.05) is 51.2 Å². The Morgan fingerprint density at radius 3 is 1.74 bits per heavy atom. The second kappa shape index (κ2) is 16.2. The maximum Gasteiger partial charge on any atom is 0.239 e. The first kappa shape index (κ1) is 28.5. The molecule has 0 bridgehead atoms. The minimum absolute atomic E-state index is 0.0881. The van der Waals surface area contributed by atoms with E-state index in [2.05, 4.69) is 5.32 Å². The quantitative estimate of drug-likeness (QED) is 0.337. The van der Waals surface area contributed by atoms with E-state index in [1.165, 1.54) is 7.11 Å². The lowest BCUT2D eigenvalue weighted by molar-refractivity contribution is -0.114. The van der Waals surface area contributed by atoms with Crippen molar-refractivity contribution < 1.29 is 28.5 Å². The lowest BCUT2D eigenvalue weighted by Gasteiger charge is -2.10. The van der Waals surface area contributed by atoms with Gasteiger partial charge in [-0.1, -0.05) is 0 Å². The second-order valence-corrected chi connectivity index (χ2v) is 6.30. The molecule has 0 aliphatic rings. The first-order valence-corrected chi connectivity index (χ1v) is 10.0. The molecular formula is C20H25Cl3N2O6. The van der Waals surface area contributed by atoms with Crippen molar-refractivity contribution in [2.24, 2.45) is 0 Å². The number of nitrogen functional groups attached to an aromatic ring is 1. The molecule has 1 amide bonds. The van der Waals surface area contributed by atoms with Crippen LogP contribution in [0.2, 0.25) is 0 Å². The van der Waals surface area contributed by atoms with Crippen molar-refractivity contribution >= 4 is 57.3 Å². The number of benzene rings is 2. The molecule has 0 aromatic heterocycles. The Morgan fingerprint density at radius 2 is 1.32 bits per heavy atom. The summed E-state index contributed by atoms with van der Waals surface area (Å²) < 4.78 is 20.1. The number of nitrogens with one attached hydrogen (secondary N) is 1. The maximum absolute atomic E-state index is 11.1. The summed E-state index contributed by atoms with van der Waals surface area (Å²) in [6.07, 6.45) is 0. The maximum atomic E-state index is 11.1. The monoisotopic (exact) mass is 494 g/mol. The summed E-state index contributed by atoms with van der Waals surface area (Å²) in [4.78, 5) is 20.5. The molecule has 0 saturated carbocycles. The zero-order chi connectivity index (χ0) is 23.8. The van der Waals surface area contributed by atoms with Crippen molar-refractivity contribution in [3.8, 4) is 23.0 Å². The Hall–Kier alpha value is -2.55. The summed E-state index contributed by atoms with van der Waals surface area (Å²) in [5.41, 5.74) is 6.77. The number of ether oxygens (including phenoxy) is 4. The SMILES string of the molecule is COc1ccc(N)c(OC)c1.COc1ccc(NC(=O)CCl)c(OC)c1.O=C(Cl)CCl. The number of carbonyl (C=O) groups excluding carboxylic acids is 2. The molecule has 0 aliphatic heterocycles. The second-order valence-electron chi connectivity index (χ2n) is 5.34. The molecule has 2 aromatic carbocycles. The Labute approximate surface area is 196 Å². The Balaban J connectivity index is 0.000000492. The predicted molar refractivity (Wildman–Crippen MR) is 124 cm³/mol. The van der Waals surface area contributed by atoms with Crippen LogP contribution in [0.4, 0.5) is 11.4 Å². The van der Waals surface area contributed by atoms with Crippen molar-refractivity contribution in [1.29, 1.82) is 0 Å². The zero-order valence-electron chi connectivity index (χ0n) is 17.5. The molecule has 31 heavy (non-hydrogen) atoms. The summed E-state index contributed by atoms with van der Waals surface area (Å²) in [7, 11) is 6.26. The van der Waals surface area contributed by atoms with Crippen LogP contribution in [0.25, 0.3) is 0 Å². The predicted octanol–water partition coefficient (Wildman–Crippen LogP) is 4.16. The minimum atomic E-state index is -0.508. The van der Waals surface area contributed by atoms with Gasteiger partial charge < -0.3 is 30.0 Å². The van der Waals surface area contributed by atoms with E-state index in [4.69, 9.17) is 59.5 Å². The number of anilines is 2. The average molecular weight is 496 g/mol. The van der Waals surface area contributed by atoms with Crippen LogP contribution in [0, 0.1) is 0 Å². The molecule has 2 aromatic rings. The molecule has 2 rings (SSSR count). The molecule has 3 N–H and O–H groups in total. The number of hydrogen-bond acceptors (Lipinski definition) is 7. The standard InChI is InChI=1S/C10H12ClNO3.C8H11NO2.C2H2Cl2O/c1-14-7-3-4-8(9(5-7)15-2)12-10(13)6-11;1-10-6-3-4-7(9)8(5-6)11-2;3-1-2(4)5/h3-5H,6H2,1-2H3,(H,12,13);3-5H,9H2,1-2H3;1H2. The van der Waals surface area contributed by atoms with E-state index in [9.17, 15) is 9.59 Å². The van der Waals surface area contributed by atoms with Gasteiger partial charge in [0, 0.05) is 12.1 Å². The molecule has 0 saturated heterocycles. The topological polar surface area (TPSA) is 109 Å². The molecule has 172 valence electrons. The lowest BCUT2D eigenvalue weighted by atomic mass is 10.2. The van der Waals surface area contributed by atoms with Crippen LogP contribution in [0.5, 0.6) is 23.0 Å². The molecular weight excluding hydrogens is 471 g/mol. The van der Waals surface area contributed by atoms with Gasteiger partial charge in [-0.2, -0.15) is 0 Å². The van der Waals surface area contributed by atoms with Gasteiger partial charge in [0.2, 0.25) is 11.1 Å². The van der Waals surface area contributed by atoms with Crippen LogP contribution in [-0.4, -0.2) is 51.3 Å². The molecule has 0 heterocycles. The van der Waals surface area contributed by atoms with E-state index < -0.39 is 5.24 Å². The largest absolute Gasteiger partial charge is 0.497 e. The van der Waals surface area contributed by atoms with Crippen LogP contribution in [-0.2, 0) is 9.59 Å². The van der Waals surface area contributed by atoms with Gasteiger partial charge in [-0.15, -0.1) is 23.2 Å². The van der Waals surface area contributed by atoms with E-state index >= 15 is 0 Å². The van der Waals surface area contributed by atoms with E-state index in [0.29, 0.717) is 28.6 Å². The summed E-state index contributed by atoms with van der Waals surface area (Å²) in [5.74, 6) is 2.13. The molecule has 0 spiro atoms. The third kappa shape index (κ3) is 11.4. The number of carbonyl (C=O) groups is 2. The fraction of sp³-hybridized carbons (Fsp3) is 0.300. The van der Waals surface area contributed by atoms with Gasteiger partial charge >= 0.3 is 0 Å². The third-order valence-electron chi connectivity index (χ3n) is 3.35. The van der Waals surface area contributed by atoms with Crippen LogP contribution in [0.3, 0.4) is 0 Å². The zero-order valence-corrected chi connectivity index (χ0v) is 19.8. The molecule has 0 unspecified atom stereocenters. The molecule has 0 atom stereocenters. The van der Waals surface area contributed by atoms with Crippen molar-refractivity contribution in [3.05, 3.63) is 36.4 Å². The average Bonchev–Trinajstić information content (AvgIpc) is 2.80. The van der Waals surface area contributed by atoms with E-state index in [-0.39, 0.29) is 17.7 Å². The number of nitrogens with two attached hydrogens (primary N) is 1. The van der Waals surface area contributed by atoms with Gasteiger partial charge in [0.1, 0.15) is 28.9 Å². The normalized spacial score (nSPS) is 9.13. The van der Waals surface area contributed by atoms with Gasteiger partial charge in [-0.05, 0) is 35.9 Å². The number of hydrogen-bond donors (Lipinski definition) is 2. The van der Waals surface area contributed by atoms with Crippen LogP contribution in [0.1, 0.15) is 0 Å². The molecule has 0 radical (unpaired) electrons. The van der Waals surface area contributed by atoms with E-state index in [0.717, 1.165) is 5.75 Å². The van der Waals surface area contributed by atoms with Crippen LogP contribution < -0.4 is 30.0 Å².